The van der Waals surface area contributed by atoms with Crippen LogP contribution in [0.4, 0.5) is 10.5 Å². The number of carbonyl (C=O) groups excluding carboxylic acids is 2. The third-order valence-corrected chi connectivity index (χ3v) is 6.55. The van der Waals surface area contributed by atoms with Gasteiger partial charge < -0.3 is 24.6 Å². The lowest BCUT2D eigenvalue weighted by atomic mass is 9.90. The number of hydrogen-bond donors (Lipinski definition) is 1. The first-order valence-corrected chi connectivity index (χ1v) is 12.3. The van der Waals surface area contributed by atoms with Crippen molar-refractivity contribution in [3.05, 3.63) is 48.0 Å². The summed E-state index contributed by atoms with van der Waals surface area (Å²) >= 11 is 0. The van der Waals surface area contributed by atoms with Crippen molar-refractivity contribution in [1.29, 1.82) is 0 Å². The van der Waals surface area contributed by atoms with Crippen molar-refractivity contribution in [1.82, 2.24) is 10.2 Å². The monoisotopic (exact) mass is 481 g/mol. The van der Waals surface area contributed by atoms with Crippen molar-refractivity contribution < 1.29 is 19.1 Å². The van der Waals surface area contributed by atoms with Gasteiger partial charge >= 0.3 is 6.09 Å². The largest absolute Gasteiger partial charge is 0.496 e. The minimum absolute atomic E-state index is 0.210. The number of benzene rings is 2. The maximum atomic E-state index is 12.4. The number of methoxy groups -OCH3 is 1. The van der Waals surface area contributed by atoms with Gasteiger partial charge in [0, 0.05) is 44.0 Å². The van der Waals surface area contributed by atoms with Crippen LogP contribution in [0.1, 0.15) is 52.0 Å². The van der Waals surface area contributed by atoms with Gasteiger partial charge in [0.15, 0.2) is 0 Å². The lowest BCUT2D eigenvalue weighted by Gasteiger charge is -2.36. The van der Waals surface area contributed by atoms with Gasteiger partial charge in [-0.25, -0.2) is 4.79 Å². The minimum Gasteiger partial charge on any atom is -0.496 e. The number of hydrogen-bond acceptors (Lipinski definition) is 5. The standard InChI is InChI=1S/C28H39N3O4/c1-28(2,3)35-27(33)31(5)25-14-10-23(11-15-25)29-18-22-17-21(9-16-26(22)34-6)20-7-12-24(13-8-20)30(4)19-32/h7-9,12-13,16-17,19,23,25,29H,10-11,14-15,18H2,1-6H3. The molecule has 35 heavy (non-hydrogen) atoms. The maximum absolute atomic E-state index is 12.4. The molecule has 0 radical (unpaired) electrons. The fraction of sp³-hybridized carbons (Fsp3) is 0.500. The summed E-state index contributed by atoms with van der Waals surface area (Å²) in [6.07, 6.45) is 4.46. The Morgan fingerprint density at radius 1 is 1.03 bits per heavy atom. The first-order valence-electron chi connectivity index (χ1n) is 12.3. The highest BCUT2D eigenvalue weighted by molar-refractivity contribution is 5.76. The second kappa shape index (κ2) is 11.6. The van der Waals surface area contributed by atoms with E-state index in [0.717, 1.165) is 60.2 Å². The predicted molar refractivity (Wildman–Crippen MR) is 140 cm³/mol. The molecule has 3 rings (SSSR count). The summed E-state index contributed by atoms with van der Waals surface area (Å²) in [5.41, 5.74) is 3.67. The van der Waals surface area contributed by atoms with Gasteiger partial charge in [0.2, 0.25) is 6.41 Å². The summed E-state index contributed by atoms with van der Waals surface area (Å²) in [6.45, 7) is 6.39. The van der Waals surface area contributed by atoms with Gasteiger partial charge in [0.1, 0.15) is 11.4 Å². The maximum Gasteiger partial charge on any atom is 0.410 e. The molecule has 2 amide bonds. The molecule has 0 spiro atoms. The van der Waals surface area contributed by atoms with Gasteiger partial charge in [0.05, 0.1) is 7.11 Å². The van der Waals surface area contributed by atoms with Crippen LogP contribution in [0.3, 0.4) is 0 Å². The van der Waals surface area contributed by atoms with Gasteiger partial charge in [-0.1, -0.05) is 18.2 Å². The Morgan fingerprint density at radius 3 is 2.23 bits per heavy atom. The highest BCUT2D eigenvalue weighted by Gasteiger charge is 2.29. The summed E-state index contributed by atoms with van der Waals surface area (Å²) in [5.74, 6) is 0.858. The zero-order valence-electron chi connectivity index (χ0n) is 21.8. The van der Waals surface area contributed by atoms with E-state index in [2.05, 4.69) is 17.4 Å². The van der Waals surface area contributed by atoms with Crippen molar-refractivity contribution >= 4 is 18.2 Å². The fourth-order valence-corrected chi connectivity index (χ4v) is 4.45. The van der Waals surface area contributed by atoms with E-state index in [0.29, 0.717) is 12.6 Å². The van der Waals surface area contributed by atoms with Crippen LogP contribution in [-0.4, -0.2) is 56.3 Å². The molecule has 0 bridgehead atoms. The second-order valence-corrected chi connectivity index (χ2v) is 10.3. The molecule has 7 nitrogen and oxygen atoms in total. The third-order valence-electron chi connectivity index (χ3n) is 6.55. The smallest absolute Gasteiger partial charge is 0.410 e. The van der Waals surface area contributed by atoms with E-state index < -0.39 is 5.60 Å². The lowest BCUT2D eigenvalue weighted by Crippen LogP contribution is -2.44. The van der Waals surface area contributed by atoms with E-state index in [4.69, 9.17) is 9.47 Å². The van der Waals surface area contributed by atoms with Crippen LogP contribution < -0.4 is 15.0 Å². The molecule has 0 aromatic heterocycles. The Hall–Kier alpha value is -3.06. The number of nitrogens with one attached hydrogen (secondary N) is 1. The zero-order valence-corrected chi connectivity index (χ0v) is 21.8. The molecule has 0 atom stereocenters. The van der Waals surface area contributed by atoms with E-state index >= 15 is 0 Å². The lowest BCUT2D eigenvalue weighted by molar-refractivity contribution is -0.107. The molecule has 2 aromatic carbocycles. The van der Waals surface area contributed by atoms with E-state index in [9.17, 15) is 9.59 Å². The van der Waals surface area contributed by atoms with Crippen LogP contribution in [0.2, 0.25) is 0 Å². The number of amides is 2. The topological polar surface area (TPSA) is 71.1 Å². The van der Waals surface area contributed by atoms with Gasteiger partial charge in [0.25, 0.3) is 0 Å². The van der Waals surface area contributed by atoms with Gasteiger partial charge in [-0.3, -0.25) is 4.79 Å². The molecular formula is C28H39N3O4. The van der Waals surface area contributed by atoms with Gasteiger partial charge in [-0.15, -0.1) is 0 Å². The highest BCUT2D eigenvalue weighted by atomic mass is 16.6. The molecule has 1 saturated carbocycles. The van der Waals surface area contributed by atoms with Crippen molar-refractivity contribution in [2.45, 2.75) is 70.7 Å². The van der Waals surface area contributed by atoms with Crippen LogP contribution in [0, 0.1) is 0 Å². The Kier molecular flexibility index (Phi) is 8.78. The number of rotatable bonds is 8. The molecule has 0 unspecified atom stereocenters. The minimum atomic E-state index is -0.481. The first kappa shape index (κ1) is 26.5. The van der Waals surface area contributed by atoms with Crippen LogP contribution >= 0.6 is 0 Å². The zero-order chi connectivity index (χ0) is 25.6. The molecule has 1 aliphatic carbocycles. The molecule has 1 fully saturated rings. The Morgan fingerprint density at radius 2 is 1.66 bits per heavy atom. The summed E-state index contributed by atoms with van der Waals surface area (Å²) in [4.78, 5) is 26.7. The van der Waals surface area contributed by atoms with Crippen LogP contribution in [0.25, 0.3) is 11.1 Å². The average molecular weight is 482 g/mol. The third kappa shape index (κ3) is 7.21. The van der Waals surface area contributed by atoms with Gasteiger partial charge in [-0.2, -0.15) is 0 Å². The van der Waals surface area contributed by atoms with Crippen molar-refractivity contribution in [2.75, 3.05) is 26.1 Å². The molecule has 1 N–H and O–H groups in total. The molecule has 0 saturated heterocycles. The fourth-order valence-electron chi connectivity index (χ4n) is 4.45. The van der Waals surface area contributed by atoms with Crippen LogP contribution in [-0.2, 0) is 16.1 Å². The molecule has 190 valence electrons. The summed E-state index contributed by atoms with van der Waals surface area (Å²) in [6, 6.07) is 14.8. The summed E-state index contributed by atoms with van der Waals surface area (Å²) < 4.78 is 11.1. The van der Waals surface area contributed by atoms with E-state index in [1.54, 1.807) is 24.0 Å². The highest BCUT2D eigenvalue weighted by Crippen LogP contribution is 2.29. The molecule has 0 heterocycles. The van der Waals surface area contributed by atoms with E-state index in [1.807, 2.05) is 58.2 Å². The van der Waals surface area contributed by atoms with Crippen molar-refractivity contribution in [2.24, 2.45) is 0 Å². The molecule has 7 heteroatoms. The molecule has 1 aliphatic rings. The SMILES string of the molecule is COc1ccc(-c2ccc(N(C)C=O)cc2)cc1CNC1CCC(N(C)C(=O)OC(C)(C)C)CC1. The Balaban J connectivity index is 1.59. The first-order chi connectivity index (χ1) is 16.6. The summed E-state index contributed by atoms with van der Waals surface area (Å²) in [5, 5.41) is 3.69. The van der Waals surface area contributed by atoms with Gasteiger partial charge in [-0.05, 0) is 81.8 Å². The molecular weight excluding hydrogens is 442 g/mol. The molecule has 0 aliphatic heterocycles. The number of nitrogens with zero attached hydrogens (tertiary/aromatic N) is 2. The van der Waals surface area contributed by atoms with Crippen molar-refractivity contribution in [3.63, 3.8) is 0 Å². The van der Waals surface area contributed by atoms with E-state index in [-0.39, 0.29) is 12.1 Å². The Bertz CT molecular complexity index is 992. The predicted octanol–water partition coefficient (Wildman–Crippen LogP) is 5.22. The van der Waals surface area contributed by atoms with Crippen LogP contribution in [0.5, 0.6) is 5.75 Å². The average Bonchev–Trinajstić information content (AvgIpc) is 2.85. The number of anilines is 1. The number of ether oxygens (including phenoxy) is 2. The normalized spacial score (nSPS) is 18.0. The molecule has 2 aromatic rings. The quantitative estimate of drug-likeness (QED) is 0.523. The summed E-state index contributed by atoms with van der Waals surface area (Å²) in [7, 11) is 5.27. The second-order valence-electron chi connectivity index (χ2n) is 10.3. The number of carbonyl (C=O) groups is 2. The van der Waals surface area contributed by atoms with Crippen LogP contribution in [0.15, 0.2) is 42.5 Å². The van der Waals surface area contributed by atoms with E-state index in [1.165, 1.54) is 0 Å². The Labute approximate surface area is 209 Å². The van der Waals surface area contributed by atoms with Crippen molar-refractivity contribution in [3.8, 4) is 16.9 Å².